The van der Waals surface area contributed by atoms with Gasteiger partial charge in [-0.1, -0.05) is 42.0 Å². The summed E-state index contributed by atoms with van der Waals surface area (Å²) in [5.41, 5.74) is 3.01. The Bertz CT molecular complexity index is 750. The molecule has 1 atom stereocenters. The minimum Gasteiger partial charge on any atom is -0.497 e. The molecule has 0 aromatic heterocycles. The fraction of sp³-hybridized carbons (Fsp3) is 0.409. The van der Waals surface area contributed by atoms with Crippen LogP contribution in [0.2, 0.25) is 0 Å². The largest absolute Gasteiger partial charge is 0.497 e. The smallest absolute Gasteiger partial charge is 0.227 e. The third-order valence-electron chi connectivity index (χ3n) is 4.98. The molecule has 1 fully saturated rings. The van der Waals surface area contributed by atoms with Crippen LogP contribution < -0.4 is 4.74 Å². The van der Waals surface area contributed by atoms with Crippen molar-refractivity contribution >= 4 is 5.91 Å². The van der Waals surface area contributed by atoms with Gasteiger partial charge < -0.3 is 14.4 Å². The molecule has 1 amide bonds. The maximum atomic E-state index is 13.0. The van der Waals surface area contributed by atoms with Gasteiger partial charge in [0.15, 0.2) is 0 Å². The van der Waals surface area contributed by atoms with E-state index >= 15 is 0 Å². The maximum Gasteiger partial charge on any atom is 0.227 e. The number of benzene rings is 2. The van der Waals surface area contributed by atoms with E-state index in [9.17, 15) is 4.79 Å². The van der Waals surface area contributed by atoms with E-state index in [0.29, 0.717) is 19.6 Å². The molecule has 0 aliphatic carbocycles. The van der Waals surface area contributed by atoms with E-state index in [1.807, 2.05) is 29.2 Å². The SMILES string of the molecule is COc1ccc(CC(=O)N2CC(c3ccc(C)cc3)OCC2(C)C)cc1. The first kappa shape index (κ1) is 18.5. The molecule has 4 heteroatoms. The van der Waals surface area contributed by atoms with Crippen molar-refractivity contribution in [3.8, 4) is 5.75 Å². The second kappa shape index (κ2) is 7.50. The summed E-state index contributed by atoms with van der Waals surface area (Å²) in [7, 11) is 1.64. The Morgan fingerprint density at radius 1 is 1.15 bits per heavy atom. The molecule has 3 rings (SSSR count). The Morgan fingerprint density at radius 2 is 1.81 bits per heavy atom. The molecule has 1 unspecified atom stereocenters. The Balaban J connectivity index is 1.74. The van der Waals surface area contributed by atoms with Gasteiger partial charge in [0.05, 0.1) is 32.2 Å². The maximum absolute atomic E-state index is 13.0. The molecular formula is C22H27NO3. The Hall–Kier alpha value is -2.33. The number of aryl methyl sites for hydroxylation is 1. The first-order chi connectivity index (χ1) is 12.4. The lowest BCUT2D eigenvalue weighted by atomic mass is 9.96. The molecule has 0 N–H and O–H groups in total. The second-order valence-electron chi connectivity index (χ2n) is 7.55. The van der Waals surface area contributed by atoms with Crippen LogP contribution >= 0.6 is 0 Å². The topological polar surface area (TPSA) is 38.8 Å². The average molecular weight is 353 g/mol. The molecule has 2 aromatic carbocycles. The summed E-state index contributed by atoms with van der Waals surface area (Å²) in [6.45, 7) is 7.29. The molecule has 0 spiro atoms. The van der Waals surface area contributed by atoms with Gasteiger partial charge in [0.2, 0.25) is 5.91 Å². The molecule has 138 valence electrons. The second-order valence-corrected chi connectivity index (χ2v) is 7.55. The van der Waals surface area contributed by atoms with Crippen LogP contribution in [0.3, 0.4) is 0 Å². The van der Waals surface area contributed by atoms with Gasteiger partial charge in [-0.15, -0.1) is 0 Å². The van der Waals surface area contributed by atoms with E-state index < -0.39 is 0 Å². The zero-order valence-electron chi connectivity index (χ0n) is 16.0. The molecule has 4 nitrogen and oxygen atoms in total. The standard InChI is InChI=1S/C22H27NO3/c1-16-5-9-18(10-6-16)20-14-23(22(2,3)15-26-20)21(24)13-17-7-11-19(25-4)12-8-17/h5-12,20H,13-15H2,1-4H3. The summed E-state index contributed by atoms with van der Waals surface area (Å²) in [5, 5.41) is 0. The predicted molar refractivity (Wildman–Crippen MR) is 102 cm³/mol. The summed E-state index contributed by atoms with van der Waals surface area (Å²) in [6.07, 6.45) is 0.303. The molecular weight excluding hydrogens is 326 g/mol. The van der Waals surface area contributed by atoms with Crippen molar-refractivity contribution in [3.05, 3.63) is 65.2 Å². The molecule has 0 radical (unpaired) electrons. The number of carbonyl (C=O) groups excluding carboxylic acids is 1. The van der Waals surface area contributed by atoms with Crippen LogP contribution in [0.1, 0.15) is 36.6 Å². The van der Waals surface area contributed by atoms with Crippen LogP contribution in [0.5, 0.6) is 5.75 Å². The number of rotatable bonds is 4. The Kier molecular flexibility index (Phi) is 5.33. The molecule has 1 aliphatic rings. The van der Waals surface area contributed by atoms with Crippen molar-refractivity contribution in [2.75, 3.05) is 20.3 Å². The average Bonchev–Trinajstić information content (AvgIpc) is 2.63. The summed E-state index contributed by atoms with van der Waals surface area (Å²) >= 11 is 0. The van der Waals surface area contributed by atoms with Crippen molar-refractivity contribution in [1.29, 1.82) is 0 Å². The van der Waals surface area contributed by atoms with Gasteiger partial charge >= 0.3 is 0 Å². The van der Waals surface area contributed by atoms with Crippen molar-refractivity contribution in [2.45, 2.75) is 38.8 Å². The Morgan fingerprint density at radius 3 is 2.42 bits per heavy atom. The lowest BCUT2D eigenvalue weighted by Crippen LogP contribution is -2.56. The number of methoxy groups -OCH3 is 1. The molecule has 1 heterocycles. The van der Waals surface area contributed by atoms with Gasteiger partial charge in [-0.25, -0.2) is 0 Å². The minimum absolute atomic E-state index is 0.0801. The number of carbonyl (C=O) groups is 1. The fourth-order valence-electron chi connectivity index (χ4n) is 3.28. The summed E-state index contributed by atoms with van der Waals surface area (Å²) < 4.78 is 11.3. The van der Waals surface area contributed by atoms with Crippen LogP contribution in [0.15, 0.2) is 48.5 Å². The van der Waals surface area contributed by atoms with Crippen LogP contribution in [-0.2, 0) is 16.0 Å². The zero-order valence-corrected chi connectivity index (χ0v) is 16.0. The summed E-state index contributed by atoms with van der Waals surface area (Å²) in [4.78, 5) is 15.0. The number of hydrogen-bond acceptors (Lipinski definition) is 3. The minimum atomic E-state index is -0.315. The summed E-state index contributed by atoms with van der Waals surface area (Å²) in [6, 6.07) is 16.0. The highest BCUT2D eigenvalue weighted by atomic mass is 16.5. The highest BCUT2D eigenvalue weighted by molar-refractivity contribution is 5.79. The highest BCUT2D eigenvalue weighted by Gasteiger charge is 2.38. The third kappa shape index (κ3) is 4.07. The van der Waals surface area contributed by atoms with Crippen molar-refractivity contribution in [1.82, 2.24) is 4.90 Å². The van der Waals surface area contributed by atoms with E-state index in [0.717, 1.165) is 16.9 Å². The van der Waals surface area contributed by atoms with Gasteiger partial charge in [-0.05, 0) is 44.0 Å². The van der Waals surface area contributed by atoms with E-state index in [4.69, 9.17) is 9.47 Å². The van der Waals surface area contributed by atoms with Crippen LogP contribution in [0, 0.1) is 6.92 Å². The van der Waals surface area contributed by atoms with Gasteiger partial charge in [0, 0.05) is 0 Å². The number of amides is 1. The van der Waals surface area contributed by atoms with Gasteiger partial charge in [0.1, 0.15) is 11.9 Å². The monoisotopic (exact) mass is 353 g/mol. The lowest BCUT2D eigenvalue weighted by Gasteiger charge is -2.45. The first-order valence-corrected chi connectivity index (χ1v) is 9.00. The normalized spacial score (nSPS) is 19.2. The van der Waals surface area contributed by atoms with E-state index in [2.05, 4.69) is 45.0 Å². The molecule has 0 saturated carbocycles. The first-order valence-electron chi connectivity index (χ1n) is 9.00. The number of morpholine rings is 1. The van der Waals surface area contributed by atoms with E-state index in [1.165, 1.54) is 5.56 Å². The van der Waals surface area contributed by atoms with Gasteiger partial charge in [0.25, 0.3) is 0 Å². The lowest BCUT2D eigenvalue weighted by molar-refractivity contribution is -0.154. The van der Waals surface area contributed by atoms with E-state index in [-0.39, 0.29) is 17.6 Å². The molecule has 1 saturated heterocycles. The van der Waals surface area contributed by atoms with Crippen molar-refractivity contribution in [3.63, 3.8) is 0 Å². The van der Waals surface area contributed by atoms with Crippen LogP contribution in [0.4, 0.5) is 0 Å². The van der Waals surface area contributed by atoms with Crippen molar-refractivity contribution < 1.29 is 14.3 Å². The van der Waals surface area contributed by atoms with Crippen LogP contribution in [0.25, 0.3) is 0 Å². The fourth-order valence-corrected chi connectivity index (χ4v) is 3.28. The third-order valence-corrected chi connectivity index (χ3v) is 4.98. The molecule has 0 bridgehead atoms. The number of hydrogen-bond donors (Lipinski definition) is 0. The van der Waals surface area contributed by atoms with E-state index in [1.54, 1.807) is 7.11 Å². The summed E-state index contributed by atoms with van der Waals surface area (Å²) in [5.74, 6) is 0.924. The Labute approximate surface area is 155 Å². The number of ether oxygens (including phenoxy) is 2. The molecule has 2 aromatic rings. The highest BCUT2D eigenvalue weighted by Crippen LogP contribution is 2.31. The molecule has 1 aliphatic heterocycles. The predicted octanol–water partition coefficient (Wildman–Crippen LogP) is 3.92. The van der Waals surface area contributed by atoms with Gasteiger partial charge in [-0.2, -0.15) is 0 Å². The number of nitrogens with zero attached hydrogens (tertiary/aromatic N) is 1. The quantitative estimate of drug-likeness (QED) is 0.836. The van der Waals surface area contributed by atoms with Crippen LogP contribution in [-0.4, -0.2) is 36.6 Å². The zero-order chi connectivity index (χ0) is 18.7. The molecule has 26 heavy (non-hydrogen) atoms. The van der Waals surface area contributed by atoms with Crippen molar-refractivity contribution in [2.24, 2.45) is 0 Å². The van der Waals surface area contributed by atoms with Gasteiger partial charge in [-0.3, -0.25) is 4.79 Å².